The minimum absolute atomic E-state index is 0.0365. The maximum Gasteiger partial charge on any atom is 0.419 e. The van der Waals surface area contributed by atoms with Crippen molar-refractivity contribution in [2.75, 3.05) is 7.05 Å². The summed E-state index contributed by atoms with van der Waals surface area (Å²) in [5, 5.41) is 0. The Morgan fingerprint density at radius 2 is 1.73 bits per heavy atom. The summed E-state index contributed by atoms with van der Waals surface area (Å²) >= 11 is 0. The number of nitrogens with zero attached hydrogens (tertiary/aromatic N) is 1. The van der Waals surface area contributed by atoms with Gasteiger partial charge in [-0.3, -0.25) is 4.79 Å². The zero-order valence-corrected chi connectivity index (χ0v) is 12.4. The minimum atomic E-state index is -4.80. The molecule has 1 aliphatic carbocycles. The molecule has 0 spiro atoms. The summed E-state index contributed by atoms with van der Waals surface area (Å²) in [4.78, 5) is 13.9. The number of alkyl halides is 3. The van der Waals surface area contributed by atoms with Crippen LogP contribution in [0.4, 0.5) is 17.6 Å². The Morgan fingerprint density at radius 1 is 1.14 bits per heavy atom. The van der Waals surface area contributed by atoms with E-state index < -0.39 is 23.5 Å². The van der Waals surface area contributed by atoms with E-state index in [-0.39, 0.29) is 11.6 Å². The Labute approximate surface area is 127 Å². The normalized spacial score (nSPS) is 17.1. The van der Waals surface area contributed by atoms with Crippen LogP contribution in [-0.4, -0.2) is 23.9 Å². The van der Waals surface area contributed by atoms with E-state index in [4.69, 9.17) is 0 Å². The summed E-state index contributed by atoms with van der Waals surface area (Å²) in [7, 11) is 1.61. The van der Waals surface area contributed by atoms with Crippen molar-refractivity contribution in [3.63, 3.8) is 0 Å². The molecule has 0 aliphatic heterocycles. The fourth-order valence-corrected chi connectivity index (χ4v) is 2.89. The molecule has 0 radical (unpaired) electrons. The quantitative estimate of drug-likeness (QED) is 0.575. The van der Waals surface area contributed by atoms with Crippen LogP contribution in [0.3, 0.4) is 0 Å². The minimum Gasteiger partial charge on any atom is -0.339 e. The third kappa shape index (κ3) is 3.78. The van der Waals surface area contributed by atoms with Crippen molar-refractivity contribution >= 4 is 5.91 Å². The molecule has 0 heterocycles. The Balaban J connectivity index is 2.21. The lowest BCUT2D eigenvalue weighted by Gasteiger charge is -2.27. The van der Waals surface area contributed by atoms with Crippen LogP contribution in [0, 0.1) is 5.82 Å². The first-order valence-corrected chi connectivity index (χ1v) is 7.44. The third-order valence-corrected chi connectivity index (χ3v) is 4.21. The van der Waals surface area contributed by atoms with Crippen molar-refractivity contribution in [3.8, 4) is 0 Å². The van der Waals surface area contributed by atoms with Crippen molar-refractivity contribution in [3.05, 3.63) is 35.1 Å². The van der Waals surface area contributed by atoms with Gasteiger partial charge in [0.05, 0.1) is 5.56 Å². The molecule has 1 aliphatic rings. The Bertz CT molecular complexity index is 533. The van der Waals surface area contributed by atoms with Gasteiger partial charge in [0.15, 0.2) is 0 Å². The van der Waals surface area contributed by atoms with Crippen LogP contribution in [0.2, 0.25) is 0 Å². The van der Waals surface area contributed by atoms with E-state index in [0.29, 0.717) is 12.1 Å². The van der Waals surface area contributed by atoms with Crippen molar-refractivity contribution in [2.24, 2.45) is 0 Å². The molecule has 0 unspecified atom stereocenters. The van der Waals surface area contributed by atoms with E-state index in [2.05, 4.69) is 0 Å². The van der Waals surface area contributed by atoms with Gasteiger partial charge in [-0.1, -0.05) is 25.7 Å². The van der Waals surface area contributed by atoms with Crippen LogP contribution in [0.15, 0.2) is 18.2 Å². The summed E-state index contributed by atoms with van der Waals surface area (Å²) in [5.74, 6) is -1.85. The lowest BCUT2D eigenvalue weighted by Crippen LogP contribution is -2.36. The molecule has 0 aromatic heterocycles. The number of benzene rings is 1. The third-order valence-electron chi connectivity index (χ3n) is 4.21. The van der Waals surface area contributed by atoms with E-state index in [1.165, 1.54) is 4.90 Å². The molecule has 1 aromatic carbocycles. The highest BCUT2D eigenvalue weighted by Gasteiger charge is 2.35. The largest absolute Gasteiger partial charge is 0.419 e. The van der Waals surface area contributed by atoms with Crippen LogP contribution in [0.1, 0.15) is 54.4 Å². The first-order valence-electron chi connectivity index (χ1n) is 7.44. The lowest BCUT2D eigenvalue weighted by molar-refractivity contribution is -0.140. The van der Waals surface area contributed by atoms with Crippen molar-refractivity contribution < 1.29 is 22.4 Å². The van der Waals surface area contributed by atoms with Gasteiger partial charge >= 0.3 is 6.18 Å². The zero-order valence-electron chi connectivity index (χ0n) is 12.4. The second kappa shape index (κ2) is 6.67. The van der Waals surface area contributed by atoms with E-state index in [9.17, 15) is 22.4 Å². The molecule has 2 rings (SSSR count). The number of hydrogen-bond acceptors (Lipinski definition) is 1. The van der Waals surface area contributed by atoms with Gasteiger partial charge in [0.2, 0.25) is 0 Å². The smallest absolute Gasteiger partial charge is 0.339 e. The fraction of sp³-hybridized carbons (Fsp3) is 0.562. The van der Waals surface area contributed by atoms with E-state index in [1.54, 1.807) is 7.05 Å². The average molecular weight is 317 g/mol. The van der Waals surface area contributed by atoms with Gasteiger partial charge in [0, 0.05) is 18.7 Å². The van der Waals surface area contributed by atoms with Crippen molar-refractivity contribution in [1.82, 2.24) is 4.90 Å². The number of carbonyl (C=O) groups excluding carboxylic acids is 1. The molecule has 0 saturated heterocycles. The Kier molecular flexibility index (Phi) is 5.08. The van der Waals surface area contributed by atoms with Gasteiger partial charge in [-0.25, -0.2) is 4.39 Å². The number of halogens is 4. The molecule has 0 bridgehead atoms. The van der Waals surface area contributed by atoms with Crippen LogP contribution in [0.5, 0.6) is 0 Å². The molecule has 1 saturated carbocycles. The molecule has 2 nitrogen and oxygen atoms in total. The lowest BCUT2D eigenvalue weighted by atomic mass is 10.0. The summed E-state index contributed by atoms with van der Waals surface area (Å²) in [6.07, 6.45) is 1.17. The highest BCUT2D eigenvalue weighted by molar-refractivity contribution is 5.94. The predicted octanol–water partition coefficient (Wildman–Crippen LogP) is 4.64. The molecule has 6 heteroatoms. The SMILES string of the molecule is CN(C(=O)c1ccc(F)c(C(F)(F)F)c1)C1CCCCCC1. The standard InChI is InChI=1S/C16H19F4NO/c1-21(12-6-4-2-3-5-7-12)15(22)11-8-9-14(17)13(10-11)16(18,19)20/h8-10,12H,2-7H2,1H3. The number of rotatable bonds is 2. The van der Waals surface area contributed by atoms with Gasteiger partial charge < -0.3 is 4.90 Å². The van der Waals surface area contributed by atoms with Crippen LogP contribution < -0.4 is 0 Å². The summed E-state index contributed by atoms with van der Waals surface area (Å²) in [6.45, 7) is 0. The molecular weight excluding hydrogens is 298 g/mol. The highest BCUT2D eigenvalue weighted by Crippen LogP contribution is 2.32. The maximum absolute atomic E-state index is 13.3. The average Bonchev–Trinajstić information content (AvgIpc) is 2.74. The van der Waals surface area contributed by atoms with Gasteiger partial charge in [0.1, 0.15) is 5.82 Å². The fourth-order valence-electron chi connectivity index (χ4n) is 2.89. The van der Waals surface area contributed by atoms with Crippen LogP contribution in [0.25, 0.3) is 0 Å². The predicted molar refractivity (Wildman–Crippen MR) is 75.0 cm³/mol. The Hall–Kier alpha value is -1.59. The van der Waals surface area contributed by atoms with Gasteiger partial charge in [-0.15, -0.1) is 0 Å². The van der Waals surface area contributed by atoms with Crippen molar-refractivity contribution in [2.45, 2.75) is 50.7 Å². The molecule has 1 amide bonds. The number of hydrogen-bond donors (Lipinski definition) is 0. The summed E-state index contributed by atoms with van der Waals surface area (Å²) in [5.41, 5.74) is -1.52. The molecule has 22 heavy (non-hydrogen) atoms. The molecule has 1 fully saturated rings. The molecule has 0 N–H and O–H groups in total. The first kappa shape index (κ1) is 16.8. The maximum atomic E-state index is 13.3. The summed E-state index contributed by atoms with van der Waals surface area (Å²) in [6, 6.07) is 2.46. The molecule has 1 aromatic rings. The highest BCUT2D eigenvalue weighted by atomic mass is 19.4. The van der Waals surface area contributed by atoms with Gasteiger partial charge in [-0.2, -0.15) is 13.2 Å². The molecule has 122 valence electrons. The zero-order chi connectivity index (χ0) is 16.3. The summed E-state index contributed by atoms with van der Waals surface area (Å²) < 4.78 is 51.5. The van der Waals surface area contributed by atoms with Gasteiger partial charge in [-0.05, 0) is 31.0 Å². The second-order valence-electron chi connectivity index (χ2n) is 5.75. The number of amides is 1. The van der Waals surface area contributed by atoms with Crippen molar-refractivity contribution in [1.29, 1.82) is 0 Å². The topological polar surface area (TPSA) is 20.3 Å². The van der Waals surface area contributed by atoms with E-state index in [1.807, 2.05) is 0 Å². The first-order chi connectivity index (χ1) is 10.3. The molecular formula is C16H19F4NO. The number of carbonyl (C=O) groups is 1. The second-order valence-corrected chi connectivity index (χ2v) is 5.75. The van der Waals surface area contributed by atoms with E-state index >= 15 is 0 Å². The molecule has 0 atom stereocenters. The van der Waals surface area contributed by atoms with E-state index in [0.717, 1.165) is 44.6 Å². The van der Waals surface area contributed by atoms with Crippen LogP contribution >= 0.6 is 0 Å². The Morgan fingerprint density at radius 3 is 2.27 bits per heavy atom. The van der Waals surface area contributed by atoms with Crippen LogP contribution in [-0.2, 0) is 6.18 Å². The van der Waals surface area contributed by atoms with Gasteiger partial charge in [0.25, 0.3) is 5.91 Å². The monoisotopic (exact) mass is 317 g/mol.